The summed E-state index contributed by atoms with van der Waals surface area (Å²) in [5.41, 5.74) is 0. The third kappa shape index (κ3) is 25.6. The molecule has 104 valence electrons. The monoisotopic (exact) mass is 291 g/mol. The van der Waals surface area contributed by atoms with Crippen molar-refractivity contribution in [1.29, 1.82) is 0 Å². The summed E-state index contributed by atoms with van der Waals surface area (Å²) in [7, 11) is -7.61. The van der Waals surface area contributed by atoms with Gasteiger partial charge in [-0.05, 0) is 6.42 Å². The van der Waals surface area contributed by atoms with Gasteiger partial charge in [0.05, 0.1) is 18.9 Å². The van der Waals surface area contributed by atoms with Gasteiger partial charge in [-0.25, -0.2) is 0 Å². The highest BCUT2D eigenvalue weighted by Crippen LogP contribution is 1.83. The van der Waals surface area contributed by atoms with Gasteiger partial charge in [-0.1, -0.05) is 6.92 Å². The van der Waals surface area contributed by atoms with Gasteiger partial charge in [-0.15, -0.1) is 0 Å². The van der Waals surface area contributed by atoms with Crippen molar-refractivity contribution in [2.45, 2.75) is 13.3 Å². The largest absolute Gasteiger partial charge is 0.394 e. The van der Waals surface area contributed by atoms with E-state index in [-0.39, 0.29) is 18.9 Å². The molecule has 0 saturated carbocycles. The summed E-state index contributed by atoms with van der Waals surface area (Å²) in [4.78, 5) is 3.46. The molecular weight excluding hydrogens is 274 g/mol. The highest BCUT2D eigenvalue weighted by Gasteiger charge is 1.98. The number of hydrogen-bond donors (Lipinski definition) is 3. The molecule has 0 unspecified atom stereocenters. The van der Waals surface area contributed by atoms with Crippen molar-refractivity contribution in [3.63, 3.8) is 0 Å². The van der Waals surface area contributed by atoms with Crippen molar-refractivity contribution in [2.75, 3.05) is 24.7 Å². The zero-order chi connectivity index (χ0) is 13.9. The van der Waals surface area contributed by atoms with Crippen molar-refractivity contribution in [2.24, 2.45) is 4.99 Å². The minimum Gasteiger partial charge on any atom is -0.394 e. The zero-order valence-electron chi connectivity index (χ0n) is 9.35. The summed E-state index contributed by atoms with van der Waals surface area (Å²) in [5, 5.41) is 8.17. The fourth-order valence-electron chi connectivity index (χ4n) is 0.554. The number of aliphatic hydroxyl groups excluding tert-OH is 1. The predicted octanol–water partition coefficient (Wildman–Crippen LogP) is -0.778. The van der Waals surface area contributed by atoms with E-state index in [0.717, 1.165) is 6.21 Å². The standard InChI is InChI=1S/C4H9NO4S.C3H8O3S/c6-3-1-5-2-4-10(7,8)9;1-2-3-7(4,5)6/h2,6H,1,3-4H2,(H,7,8,9);2-3H2,1H3,(H,4,5,6). The van der Waals surface area contributed by atoms with Crippen molar-refractivity contribution in [1.82, 2.24) is 0 Å². The van der Waals surface area contributed by atoms with Crippen molar-refractivity contribution >= 4 is 26.5 Å². The fourth-order valence-corrected chi connectivity index (χ4v) is 1.36. The highest BCUT2D eigenvalue weighted by atomic mass is 32.2. The van der Waals surface area contributed by atoms with Crippen LogP contribution in [0.4, 0.5) is 0 Å². The Morgan fingerprint density at radius 1 is 1.12 bits per heavy atom. The summed E-state index contributed by atoms with van der Waals surface area (Å²) in [6, 6.07) is 0. The van der Waals surface area contributed by atoms with Gasteiger partial charge in [0.15, 0.2) is 0 Å². The van der Waals surface area contributed by atoms with E-state index in [4.69, 9.17) is 14.2 Å². The van der Waals surface area contributed by atoms with Crippen LogP contribution in [-0.4, -0.2) is 61.9 Å². The van der Waals surface area contributed by atoms with Gasteiger partial charge in [-0.3, -0.25) is 14.1 Å². The van der Waals surface area contributed by atoms with Crippen molar-refractivity contribution in [3.05, 3.63) is 0 Å². The Bertz CT molecular complexity index is 398. The second-order valence-electron chi connectivity index (χ2n) is 2.85. The first kappa shape index (κ1) is 18.8. The first-order chi connectivity index (χ1) is 7.62. The van der Waals surface area contributed by atoms with E-state index in [2.05, 4.69) is 4.99 Å². The minimum atomic E-state index is -3.94. The summed E-state index contributed by atoms with van der Waals surface area (Å²) < 4.78 is 55.7. The molecule has 0 heterocycles. The van der Waals surface area contributed by atoms with E-state index < -0.39 is 26.0 Å². The molecule has 0 rings (SSSR count). The molecule has 0 bridgehead atoms. The second-order valence-corrected chi connectivity index (χ2v) is 5.92. The molecule has 0 spiro atoms. The summed E-state index contributed by atoms with van der Waals surface area (Å²) >= 11 is 0. The SMILES string of the molecule is CCCS(=O)(=O)O.O=S(=O)(O)CC=NCCO. The van der Waals surface area contributed by atoms with Crippen molar-refractivity contribution in [3.8, 4) is 0 Å². The van der Waals surface area contributed by atoms with Crippen LogP contribution >= 0.6 is 0 Å². The maximum absolute atomic E-state index is 10.00. The highest BCUT2D eigenvalue weighted by molar-refractivity contribution is 7.86. The summed E-state index contributed by atoms with van der Waals surface area (Å²) in [5.74, 6) is -0.625. The average Bonchev–Trinajstić information content (AvgIpc) is 2.10. The van der Waals surface area contributed by atoms with Crippen LogP contribution in [-0.2, 0) is 20.2 Å². The normalized spacial score (nSPS) is 12.2. The second kappa shape index (κ2) is 9.48. The molecule has 10 heteroatoms. The lowest BCUT2D eigenvalue weighted by molar-refractivity contribution is 0.307. The van der Waals surface area contributed by atoms with Crippen LogP contribution in [0.1, 0.15) is 13.3 Å². The molecule has 0 saturated heterocycles. The third-order valence-corrected chi connectivity index (χ3v) is 2.60. The number of aliphatic hydroxyl groups is 1. The first-order valence-electron chi connectivity index (χ1n) is 4.62. The molecule has 17 heavy (non-hydrogen) atoms. The molecule has 0 atom stereocenters. The van der Waals surface area contributed by atoms with Gasteiger partial charge in [0.25, 0.3) is 20.2 Å². The van der Waals surface area contributed by atoms with Crippen LogP contribution in [0, 0.1) is 0 Å². The van der Waals surface area contributed by atoms with Crippen molar-refractivity contribution < 1.29 is 31.0 Å². The molecule has 3 N–H and O–H groups in total. The van der Waals surface area contributed by atoms with Gasteiger partial charge in [0.1, 0.15) is 5.75 Å². The topological polar surface area (TPSA) is 141 Å². The van der Waals surface area contributed by atoms with Crippen LogP contribution in [0.5, 0.6) is 0 Å². The van der Waals surface area contributed by atoms with Crippen LogP contribution in [0.3, 0.4) is 0 Å². The van der Waals surface area contributed by atoms with E-state index in [1.165, 1.54) is 0 Å². The maximum Gasteiger partial charge on any atom is 0.270 e. The molecule has 0 aliphatic rings. The Kier molecular flexibility index (Phi) is 10.5. The number of hydrogen-bond acceptors (Lipinski definition) is 6. The predicted molar refractivity (Wildman–Crippen MR) is 63.6 cm³/mol. The van der Waals surface area contributed by atoms with Crippen LogP contribution in [0.2, 0.25) is 0 Å². The summed E-state index contributed by atoms with van der Waals surface area (Å²) in [6.07, 6.45) is 1.52. The molecular formula is C7H17NO7S2. The Morgan fingerprint density at radius 3 is 1.88 bits per heavy atom. The van der Waals surface area contributed by atoms with E-state index >= 15 is 0 Å². The van der Waals surface area contributed by atoms with Crippen LogP contribution in [0.25, 0.3) is 0 Å². The Hall–Kier alpha value is -0.550. The Balaban J connectivity index is 0. The minimum absolute atomic E-state index is 0.123. The van der Waals surface area contributed by atoms with E-state index in [1.807, 2.05) is 0 Å². The van der Waals surface area contributed by atoms with E-state index in [1.54, 1.807) is 6.92 Å². The lowest BCUT2D eigenvalue weighted by Gasteiger charge is -1.86. The number of aliphatic imine (C=N–C) groups is 1. The molecule has 8 nitrogen and oxygen atoms in total. The summed E-state index contributed by atoms with van der Waals surface area (Å²) in [6.45, 7) is 1.73. The zero-order valence-corrected chi connectivity index (χ0v) is 11.0. The number of nitrogens with zero attached hydrogens (tertiary/aromatic N) is 1. The fraction of sp³-hybridized carbons (Fsp3) is 0.857. The van der Waals surface area contributed by atoms with Gasteiger partial charge in [-0.2, -0.15) is 16.8 Å². The molecule has 0 aliphatic carbocycles. The van der Waals surface area contributed by atoms with Gasteiger partial charge >= 0.3 is 0 Å². The smallest absolute Gasteiger partial charge is 0.270 e. The first-order valence-corrected chi connectivity index (χ1v) is 7.83. The third-order valence-electron chi connectivity index (χ3n) is 1.11. The molecule has 0 fully saturated rings. The van der Waals surface area contributed by atoms with Crippen LogP contribution in [0.15, 0.2) is 4.99 Å². The van der Waals surface area contributed by atoms with E-state index in [9.17, 15) is 16.8 Å². The molecule has 0 amide bonds. The molecule has 0 aliphatic heterocycles. The number of rotatable bonds is 6. The quantitative estimate of drug-likeness (QED) is 0.430. The van der Waals surface area contributed by atoms with Gasteiger partial charge in [0.2, 0.25) is 0 Å². The molecule has 0 aromatic heterocycles. The maximum atomic E-state index is 10.00. The van der Waals surface area contributed by atoms with Gasteiger partial charge in [0, 0.05) is 6.21 Å². The molecule has 0 radical (unpaired) electrons. The lowest BCUT2D eigenvalue weighted by atomic mass is 10.6. The lowest BCUT2D eigenvalue weighted by Crippen LogP contribution is -2.05. The van der Waals surface area contributed by atoms with Crippen LogP contribution < -0.4 is 0 Å². The Labute approximate surface area is 101 Å². The van der Waals surface area contributed by atoms with E-state index in [0.29, 0.717) is 6.42 Å². The average molecular weight is 291 g/mol. The Morgan fingerprint density at radius 2 is 1.65 bits per heavy atom. The molecule has 0 aromatic rings. The van der Waals surface area contributed by atoms with Gasteiger partial charge < -0.3 is 5.11 Å². The molecule has 0 aromatic carbocycles.